The molecule has 0 saturated carbocycles. The van der Waals surface area contributed by atoms with E-state index >= 15 is 0 Å². The van der Waals surface area contributed by atoms with Gasteiger partial charge in [-0.2, -0.15) is 0 Å². The Bertz CT molecular complexity index is 1010. The molecule has 3 aromatic rings. The molecule has 4 nitrogen and oxygen atoms in total. The molecule has 0 bridgehead atoms. The fourth-order valence-corrected chi connectivity index (χ4v) is 4.24. The predicted molar refractivity (Wildman–Crippen MR) is 116 cm³/mol. The normalized spacial score (nSPS) is 15.5. The van der Waals surface area contributed by atoms with Crippen molar-refractivity contribution < 1.29 is 9.53 Å². The highest BCUT2D eigenvalue weighted by Gasteiger charge is 2.26. The number of rotatable bonds is 6. The lowest BCUT2D eigenvalue weighted by atomic mass is 10.1. The van der Waals surface area contributed by atoms with E-state index in [4.69, 9.17) is 16.3 Å². The third-order valence-electron chi connectivity index (χ3n) is 5.19. The second kappa shape index (κ2) is 8.10. The molecule has 0 spiro atoms. The molecule has 1 aliphatic rings. The lowest BCUT2D eigenvalue weighted by molar-refractivity contribution is 0.0938. The largest absolute Gasteiger partial charge is 0.486 e. The maximum Gasteiger partial charge on any atom is 0.267 e. The molecule has 0 saturated heterocycles. The van der Waals surface area contributed by atoms with Gasteiger partial charge in [0.15, 0.2) is 0 Å². The Hall–Kier alpha value is -2.11. The molecule has 0 radical (unpaired) electrons. The summed E-state index contributed by atoms with van der Waals surface area (Å²) in [4.78, 5) is 14.1. The molecule has 28 heavy (non-hydrogen) atoms. The number of aromatic nitrogens is 1. The SMILES string of the molecule is CCC1Cn2c(C(=O)NCCc3ccc(SC)cc3)cc3c(Cl)ccc(c32)O1. The number of carbonyl (C=O) groups is 1. The van der Waals surface area contributed by atoms with Crippen LogP contribution in [-0.2, 0) is 13.0 Å². The van der Waals surface area contributed by atoms with Gasteiger partial charge in [-0.3, -0.25) is 4.79 Å². The number of hydrogen-bond donors (Lipinski definition) is 1. The van der Waals surface area contributed by atoms with Crippen LogP contribution in [-0.4, -0.2) is 29.4 Å². The van der Waals surface area contributed by atoms with Crippen LogP contribution in [0.3, 0.4) is 0 Å². The van der Waals surface area contributed by atoms with Crippen molar-refractivity contribution in [1.82, 2.24) is 9.88 Å². The van der Waals surface area contributed by atoms with Crippen LogP contribution in [0.25, 0.3) is 10.9 Å². The number of hydrogen-bond acceptors (Lipinski definition) is 3. The summed E-state index contributed by atoms with van der Waals surface area (Å²) in [6, 6.07) is 14.1. The van der Waals surface area contributed by atoms with Crippen molar-refractivity contribution >= 4 is 40.2 Å². The zero-order valence-corrected chi connectivity index (χ0v) is 17.6. The van der Waals surface area contributed by atoms with Crippen LogP contribution in [0.1, 0.15) is 29.4 Å². The third-order valence-corrected chi connectivity index (χ3v) is 6.27. The highest BCUT2D eigenvalue weighted by molar-refractivity contribution is 7.98. The maximum atomic E-state index is 12.9. The van der Waals surface area contributed by atoms with Gasteiger partial charge < -0.3 is 14.6 Å². The zero-order chi connectivity index (χ0) is 19.7. The monoisotopic (exact) mass is 414 g/mol. The van der Waals surface area contributed by atoms with Crippen molar-refractivity contribution in [3.8, 4) is 5.75 Å². The molecule has 1 unspecified atom stereocenters. The first kappa shape index (κ1) is 19.2. The Morgan fingerprint density at radius 1 is 1.29 bits per heavy atom. The van der Waals surface area contributed by atoms with Gasteiger partial charge in [0.2, 0.25) is 0 Å². The van der Waals surface area contributed by atoms with Gasteiger partial charge in [0.05, 0.1) is 17.1 Å². The highest BCUT2D eigenvalue weighted by atomic mass is 35.5. The van der Waals surface area contributed by atoms with Gasteiger partial charge >= 0.3 is 0 Å². The molecular weight excluding hydrogens is 392 g/mol. The summed E-state index contributed by atoms with van der Waals surface area (Å²) < 4.78 is 8.10. The molecule has 146 valence electrons. The Balaban J connectivity index is 1.53. The first-order chi connectivity index (χ1) is 13.6. The third kappa shape index (κ3) is 3.61. The number of amides is 1. The Kier molecular flexibility index (Phi) is 5.56. The maximum absolute atomic E-state index is 12.9. The van der Waals surface area contributed by atoms with Crippen LogP contribution in [0.5, 0.6) is 5.75 Å². The van der Waals surface area contributed by atoms with Crippen molar-refractivity contribution in [3.63, 3.8) is 0 Å². The standard InChI is InChI=1S/C22H23ClN2O2S/c1-3-15-13-25-19(12-17-18(23)8-9-20(27-15)21(17)25)22(26)24-11-10-14-4-6-16(28-2)7-5-14/h4-9,12,15H,3,10-11,13H2,1-2H3,(H,24,26). The van der Waals surface area contributed by atoms with Gasteiger partial charge in [0.1, 0.15) is 17.5 Å². The van der Waals surface area contributed by atoms with Crippen molar-refractivity contribution in [1.29, 1.82) is 0 Å². The average molecular weight is 415 g/mol. The predicted octanol–water partition coefficient (Wildman–Crippen LogP) is 5.16. The number of thioether (sulfide) groups is 1. The van der Waals surface area contributed by atoms with Gasteiger partial charge in [-0.05, 0) is 55.0 Å². The van der Waals surface area contributed by atoms with E-state index in [-0.39, 0.29) is 12.0 Å². The van der Waals surface area contributed by atoms with Crippen LogP contribution >= 0.6 is 23.4 Å². The van der Waals surface area contributed by atoms with Crippen LogP contribution in [0.2, 0.25) is 5.02 Å². The number of nitrogens with zero attached hydrogens (tertiary/aromatic N) is 1. The average Bonchev–Trinajstić information content (AvgIpc) is 3.12. The molecule has 1 amide bonds. The number of ether oxygens (including phenoxy) is 1. The summed E-state index contributed by atoms with van der Waals surface area (Å²) in [5.74, 6) is 0.723. The van der Waals surface area contributed by atoms with Crippen LogP contribution < -0.4 is 10.1 Å². The van der Waals surface area contributed by atoms with E-state index in [0.717, 1.165) is 29.5 Å². The van der Waals surface area contributed by atoms with Crippen LogP contribution in [0.15, 0.2) is 47.4 Å². The van der Waals surface area contributed by atoms with E-state index in [1.54, 1.807) is 11.8 Å². The minimum Gasteiger partial charge on any atom is -0.486 e. The topological polar surface area (TPSA) is 43.3 Å². The minimum absolute atomic E-state index is 0.0609. The number of halogens is 1. The first-order valence-electron chi connectivity index (χ1n) is 9.50. The van der Waals surface area contributed by atoms with Gasteiger partial charge in [-0.1, -0.05) is 30.7 Å². The summed E-state index contributed by atoms with van der Waals surface area (Å²) in [5.41, 5.74) is 2.77. The van der Waals surface area contributed by atoms with E-state index in [1.807, 2.05) is 18.2 Å². The minimum atomic E-state index is -0.0734. The van der Waals surface area contributed by atoms with Gasteiger partial charge in [0.25, 0.3) is 5.91 Å². The van der Waals surface area contributed by atoms with Crippen molar-refractivity contribution in [2.45, 2.75) is 37.3 Å². The van der Waals surface area contributed by atoms with E-state index in [9.17, 15) is 4.79 Å². The number of nitrogens with one attached hydrogen (secondary N) is 1. The summed E-state index contributed by atoms with van der Waals surface area (Å²) >= 11 is 8.10. The summed E-state index contributed by atoms with van der Waals surface area (Å²) in [7, 11) is 0. The van der Waals surface area contributed by atoms with E-state index in [1.165, 1.54) is 10.5 Å². The molecule has 1 N–H and O–H groups in total. The smallest absolute Gasteiger partial charge is 0.267 e. The Labute approximate surface area is 174 Å². The fourth-order valence-electron chi connectivity index (χ4n) is 3.62. The van der Waals surface area contributed by atoms with Gasteiger partial charge in [-0.25, -0.2) is 0 Å². The number of carbonyl (C=O) groups excluding carboxylic acids is 1. The second-order valence-corrected chi connectivity index (χ2v) is 8.24. The van der Waals surface area contributed by atoms with Crippen LogP contribution in [0.4, 0.5) is 0 Å². The molecule has 0 aliphatic carbocycles. The quantitative estimate of drug-likeness (QED) is 0.566. The fraction of sp³-hybridized carbons (Fsp3) is 0.318. The highest BCUT2D eigenvalue weighted by Crippen LogP contribution is 2.38. The molecule has 4 rings (SSSR count). The van der Waals surface area contributed by atoms with Gasteiger partial charge in [0, 0.05) is 16.8 Å². The van der Waals surface area contributed by atoms with Crippen LogP contribution in [0, 0.1) is 0 Å². The molecular formula is C22H23ClN2O2S. The molecule has 1 aromatic heterocycles. The molecule has 2 aromatic carbocycles. The van der Waals surface area contributed by atoms with Crippen molar-refractivity contribution in [2.75, 3.05) is 12.8 Å². The molecule has 6 heteroatoms. The van der Waals surface area contributed by atoms with Gasteiger partial charge in [-0.15, -0.1) is 11.8 Å². The Morgan fingerprint density at radius 3 is 2.79 bits per heavy atom. The summed E-state index contributed by atoms with van der Waals surface area (Å²) in [5, 5.41) is 4.56. The van der Waals surface area contributed by atoms with E-state index in [2.05, 4.69) is 47.3 Å². The summed E-state index contributed by atoms with van der Waals surface area (Å²) in [6.07, 6.45) is 3.81. The van der Waals surface area contributed by atoms with E-state index < -0.39 is 0 Å². The van der Waals surface area contributed by atoms with Crippen molar-refractivity contribution in [3.05, 3.63) is 58.7 Å². The molecule has 1 aliphatic heterocycles. The Morgan fingerprint density at radius 2 is 2.07 bits per heavy atom. The lowest BCUT2D eigenvalue weighted by Crippen LogP contribution is -2.32. The molecule has 0 fully saturated rings. The first-order valence-corrected chi connectivity index (χ1v) is 11.1. The molecule has 2 heterocycles. The second-order valence-electron chi connectivity index (χ2n) is 6.95. The lowest BCUT2D eigenvalue weighted by Gasteiger charge is -2.26. The number of benzene rings is 2. The summed E-state index contributed by atoms with van der Waals surface area (Å²) in [6.45, 7) is 3.34. The molecule has 1 atom stereocenters. The van der Waals surface area contributed by atoms with E-state index in [0.29, 0.717) is 23.8 Å². The zero-order valence-electron chi connectivity index (χ0n) is 16.0. The van der Waals surface area contributed by atoms with Crippen molar-refractivity contribution in [2.24, 2.45) is 0 Å².